The Balaban J connectivity index is 3.42. The molecule has 0 heterocycles. The first-order valence-corrected chi connectivity index (χ1v) is 5.31. The molecule has 94 valence electrons. The van der Waals surface area contributed by atoms with Crippen LogP contribution in [0.4, 0.5) is 5.69 Å². The zero-order valence-electron chi connectivity index (χ0n) is 10.1. The maximum atomic E-state index is 11.3. The molecule has 1 aromatic rings. The summed E-state index contributed by atoms with van der Waals surface area (Å²) in [5, 5.41) is 19.9. The van der Waals surface area contributed by atoms with Crippen molar-refractivity contribution >= 4 is 11.7 Å². The van der Waals surface area contributed by atoms with Gasteiger partial charge in [-0.2, -0.15) is 5.26 Å². The van der Waals surface area contributed by atoms with Gasteiger partial charge in [0, 0.05) is 11.6 Å². The van der Waals surface area contributed by atoms with E-state index in [1.165, 1.54) is 19.2 Å². The van der Waals surface area contributed by atoms with Gasteiger partial charge in [0.05, 0.1) is 30.1 Å². The molecular formula is C12H12N2O4. The normalized spacial score (nSPS) is 9.61. The molecule has 0 aliphatic carbocycles. The number of esters is 1. The summed E-state index contributed by atoms with van der Waals surface area (Å²) >= 11 is 0. The molecule has 0 N–H and O–H groups in total. The molecule has 0 aliphatic rings. The minimum absolute atomic E-state index is 0.0737. The first-order valence-electron chi connectivity index (χ1n) is 5.31. The molecule has 0 unspecified atom stereocenters. The molecule has 0 atom stereocenters. The van der Waals surface area contributed by atoms with E-state index in [0.29, 0.717) is 17.5 Å². The average Bonchev–Trinajstić information content (AvgIpc) is 2.37. The highest BCUT2D eigenvalue weighted by molar-refractivity contribution is 5.75. The van der Waals surface area contributed by atoms with E-state index in [1.807, 2.05) is 6.07 Å². The molecule has 1 aromatic carbocycles. The van der Waals surface area contributed by atoms with Crippen LogP contribution in [0.25, 0.3) is 0 Å². The van der Waals surface area contributed by atoms with Crippen molar-refractivity contribution in [1.29, 1.82) is 5.26 Å². The van der Waals surface area contributed by atoms with E-state index in [1.54, 1.807) is 6.92 Å². The van der Waals surface area contributed by atoms with Crippen molar-refractivity contribution in [2.75, 3.05) is 7.11 Å². The second-order valence-electron chi connectivity index (χ2n) is 3.56. The number of ether oxygens (including phenoxy) is 1. The molecule has 6 heteroatoms. The van der Waals surface area contributed by atoms with Crippen LogP contribution in [0.3, 0.4) is 0 Å². The van der Waals surface area contributed by atoms with E-state index in [0.717, 1.165) is 0 Å². The van der Waals surface area contributed by atoms with Crippen LogP contribution in [0.1, 0.15) is 23.6 Å². The predicted octanol–water partition coefficient (Wildman–Crippen LogP) is 1.74. The van der Waals surface area contributed by atoms with Crippen molar-refractivity contribution in [3.05, 3.63) is 38.9 Å². The summed E-state index contributed by atoms with van der Waals surface area (Å²) in [5.74, 6) is -0.526. The SMILES string of the molecule is CCc1c([N+](=O)[O-])ccc(C#N)c1CC(=O)OC. The lowest BCUT2D eigenvalue weighted by Crippen LogP contribution is -2.10. The minimum atomic E-state index is -0.526. The van der Waals surface area contributed by atoms with Gasteiger partial charge in [0.25, 0.3) is 5.69 Å². The molecule has 0 saturated heterocycles. The monoisotopic (exact) mass is 248 g/mol. The molecule has 1 rings (SSSR count). The third-order valence-electron chi connectivity index (χ3n) is 2.63. The number of nitro groups is 1. The quantitative estimate of drug-likeness (QED) is 0.459. The third kappa shape index (κ3) is 2.63. The van der Waals surface area contributed by atoms with Crippen LogP contribution in [0.15, 0.2) is 12.1 Å². The molecule has 0 fully saturated rings. The fourth-order valence-electron chi connectivity index (χ4n) is 1.77. The van der Waals surface area contributed by atoms with Gasteiger partial charge in [0.1, 0.15) is 0 Å². The summed E-state index contributed by atoms with van der Waals surface area (Å²) < 4.78 is 4.54. The van der Waals surface area contributed by atoms with Gasteiger partial charge in [-0.25, -0.2) is 0 Å². The highest BCUT2D eigenvalue weighted by Gasteiger charge is 2.21. The van der Waals surface area contributed by atoms with E-state index in [9.17, 15) is 14.9 Å². The lowest BCUT2D eigenvalue weighted by molar-refractivity contribution is -0.385. The number of rotatable bonds is 4. The Morgan fingerprint density at radius 2 is 2.17 bits per heavy atom. The molecule has 18 heavy (non-hydrogen) atoms. The molecule has 6 nitrogen and oxygen atoms in total. The standard InChI is InChI=1S/C12H12N2O4/c1-3-9-10(6-12(15)18-2)8(7-13)4-5-11(9)14(16)17/h4-5H,3,6H2,1-2H3. The number of nitrogens with zero attached hydrogens (tertiary/aromatic N) is 2. The van der Waals surface area contributed by atoms with Crippen LogP contribution in [0, 0.1) is 21.4 Å². The van der Waals surface area contributed by atoms with Gasteiger partial charge in [-0.15, -0.1) is 0 Å². The molecule has 0 saturated carbocycles. The number of hydrogen-bond acceptors (Lipinski definition) is 5. The average molecular weight is 248 g/mol. The lowest BCUT2D eigenvalue weighted by Gasteiger charge is -2.09. The summed E-state index contributed by atoms with van der Waals surface area (Å²) in [4.78, 5) is 21.7. The van der Waals surface area contributed by atoms with Crippen molar-refractivity contribution in [2.45, 2.75) is 19.8 Å². The van der Waals surface area contributed by atoms with Gasteiger partial charge >= 0.3 is 5.97 Å². The minimum Gasteiger partial charge on any atom is -0.469 e. The van der Waals surface area contributed by atoms with Crippen molar-refractivity contribution in [1.82, 2.24) is 0 Å². The third-order valence-corrected chi connectivity index (χ3v) is 2.63. The van der Waals surface area contributed by atoms with Gasteiger partial charge < -0.3 is 4.74 Å². The van der Waals surface area contributed by atoms with Crippen molar-refractivity contribution < 1.29 is 14.5 Å². The smallest absolute Gasteiger partial charge is 0.310 e. The highest BCUT2D eigenvalue weighted by atomic mass is 16.6. The Hall–Kier alpha value is -2.42. The van der Waals surface area contributed by atoms with Gasteiger partial charge in [0.15, 0.2) is 0 Å². The van der Waals surface area contributed by atoms with E-state index in [-0.39, 0.29) is 17.7 Å². The number of carbonyl (C=O) groups excluding carboxylic acids is 1. The molecular weight excluding hydrogens is 236 g/mol. The lowest BCUT2D eigenvalue weighted by atomic mass is 9.95. The summed E-state index contributed by atoms with van der Waals surface area (Å²) in [6, 6.07) is 4.58. The molecule has 0 amide bonds. The van der Waals surface area contributed by atoms with E-state index in [2.05, 4.69) is 4.74 Å². The molecule has 0 radical (unpaired) electrons. The number of carbonyl (C=O) groups is 1. The first kappa shape index (κ1) is 13.6. The number of hydrogen-bond donors (Lipinski definition) is 0. The van der Waals surface area contributed by atoms with Crippen LogP contribution in [-0.4, -0.2) is 18.0 Å². The maximum Gasteiger partial charge on any atom is 0.310 e. The largest absolute Gasteiger partial charge is 0.469 e. The summed E-state index contributed by atoms with van der Waals surface area (Å²) in [7, 11) is 1.23. The van der Waals surface area contributed by atoms with Crippen LogP contribution in [0.5, 0.6) is 0 Å². The Morgan fingerprint density at radius 1 is 1.50 bits per heavy atom. The Kier molecular flexibility index (Phi) is 4.38. The topological polar surface area (TPSA) is 93.2 Å². The summed E-state index contributed by atoms with van der Waals surface area (Å²) in [5.41, 5.74) is 0.976. The highest BCUT2D eigenvalue weighted by Crippen LogP contribution is 2.26. The Bertz CT molecular complexity index is 532. The van der Waals surface area contributed by atoms with Gasteiger partial charge in [-0.1, -0.05) is 6.92 Å². The first-order chi connectivity index (χ1) is 8.54. The summed E-state index contributed by atoms with van der Waals surface area (Å²) in [6.45, 7) is 1.74. The fraction of sp³-hybridized carbons (Fsp3) is 0.333. The van der Waals surface area contributed by atoms with Gasteiger partial charge in [0.2, 0.25) is 0 Å². The second kappa shape index (κ2) is 5.77. The van der Waals surface area contributed by atoms with E-state index < -0.39 is 10.9 Å². The second-order valence-corrected chi connectivity index (χ2v) is 3.56. The fourth-order valence-corrected chi connectivity index (χ4v) is 1.77. The number of nitriles is 1. The zero-order valence-corrected chi connectivity index (χ0v) is 10.1. The molecule has 0 bridgehead atoms. The molecule has 0 aliphatic heterocycles. The zero-order chi connectivity index (χ0) is 13.7. The van der Waals surface area contributed by atoms with Crippen LogP contribution in [-0.2, 0) is 22.4 Å². The number of benzene rings is 1. The van der Waals surface area contributed by atoms with Crippen molar-refractivity contribution in [3.8, 4) is 6.07 Å². The van der Waals surface area contributed by atoms with Crippen LogP contribution in [0.2, 0.25) is 0 Å². The maximum absolute atomic E-state index is 11.3. The molecule has 0 spiro atoms. The summed E-state index contributed by atoms with van der Waals surface area (Å²) in [6.07, 6.45) is 0.238. The molecule has 0 aromatic heterocycles. The number of nitro benzene ring substituents is 1. The van der Waals surface area contributed by atoms with Crippen molar-refractivity contribution in [2.24, 2.45) is 0 Å². The van der Waals surface area contributed by atoms with E-state index >= 15 is 0 Å². The number of methoxy groups -OCH3 is 1. The van der Waals surface area contributed by atoms with Crippen LogP contribution < -0.4 is 0 Å². The van der Waals surface area contributed by atoms with Gasteiger partial charge in [-0.05, 0) is 18.1 Å². The van der Waals surface area contributed by atoms with E-state index in [4.69, 9.17) is 5.26 Å². The van der Waals surface area contributed by atoms with Crippen LogP contribution >= 0.6 is 0 Å². The Morgan fingerprint density at radius 3 is 2.61 bits per heavy atom. The Labute approximate surface area is 104 Å². The predicted molar refractivity (Wildman–Crippen MR) is 62.9 cm³/mol. The van der Waals surface area contributed by atoms with Gasteiger partial charge in [-0.3, -0.25) is 14.9 Å². The van der Waals surface area contributed by atoms with Crippen molar-refractivity contribution in [3.63, 3.8) is 0 Å².